The Hall–Kier alpha value is -3.96. The highest BCUT2D eigenvalue weighted by Gasteiger charge is 2.44. The summed E-state index contributed by atoms with van der Waals surface area (Å²) in [5.74, 6) is 0.0392. The molecule has 0 radical (unpaired) electrons. The number of ether oxygens (including phenoxy) is 1. The molecule has 1 aliphatic heterocycles. The van der Waals surface area contributed by atoms with E-state index in [0.717, 1.165) is 25.7 Å². The molecule has 4 heterocycles. The van der Waals surface area contributed by atoms with E-state index in [0.29, 0.717) is 16.9 Å². The van der Waals surface area contributed by atoms with Crippen molar-refractivity contribution in [3.63, 3.8) is 0 Å². The van der Waals surface area contributed by atoms with Gasteiger partial charge in [-0.25, -0.2) is 18.1 Å². The van der Waals surface area contributed by atoms with Crippen LogP contribution >= 0.6 is 0 Å². The summed E-state index contributed by atoms with van der Waals surface area (Å²) in [5.41, 5.74) is 1.26. The molecule has 2 fully saturated rings. The fourth-order valence-corrected chi connectivity index (χ4v) is 6.25. The Balaban J connectivity index is 1.31. The van der Waals surface area contributed by atoms with Gasteiger partial charge in [0.2, 0.25) is 9.84 Å². The first kappa shape index (κ1) is 28.2. The second kappa shape index (κ2) is 11.4. The van der Waals surface area contributed by atoms with E-state index >= 15 is 0 Å². The van der Waals surface area contributed by atoms with Crippen LogP contribution in [0.4, 0.5) is 16.3 Å². The monoisotopic (exact) mass is 598 g/mol. The number of carbonyl (C=O) groups is 1. The van der Waals surface area contributed by atoms with Crippen molar-refractivity contribution >= 4 is 37.7 Å². The highest BCUT2D eigenvalue weighted by atomic mass is 32.2. The van der Waals surface area contributed by atoms with Gasteiger partial charge >= 0.3 is 5.24 Å². The van der Waals surface area contributed by atoms with Crippen LogP contribution in [0.2, 0.25) is 0 Å². The Morgan fingerprint density at radius 1 is 1.10 bits per heavy atom. The predicted octanol–water partition coefficient (Wildman–Crippen LogP) is 1.12. The van der Waals surface area contributed by atoms with E-state index in [2.05, 4.69) is 30.7 Å². The number of aliphatic hydroxyl groups excluding tert-OH is 3. The number of nitrogens with zero attached hydrogens (tertiary/aromatic N) is 6. The Kier molecular flexibility index (Phi) is 7.63. The van der Waals surface area contributed by atoms with Gasteiger partial charge in [-0.05, 0) is 18.4 Å². The maximum atomic E-state index is 12.6. The number of hydrogen-bond donors (Lipinski definition) is 5. The Morgan fingerprint density at radius 3 is 2.57 bits per heavy atom. The first-order valence-electron chi connectivity index (χ1n) is 13.5. The highest BCUT2D eigenvalue weighted by molar-refractivity contribution is 8.05. The lowest BCUT2D eigenvalue weighted by Crippen LogP contribution is -2.33. The second-order valence-electron chi connectivity index (χ2n) is 10.4. The summed E-state index contributed by atoms with van der Waals surface area (Å²) in [5, 5.41) is 39.3. The smallest absolute Gasteiger partial charge is 0.341 e. The lowest BCUT2D eigenvalue weighted by molar-refractivity contribution is -0.0511. The molecule has 15 nitrogen and oxygen atoms in total. The molecule has 1 aliphatic carbocycles. The van der Waals surface area contributed by atoms with Crippen LogP contribution in [-0.2, 0) is 20.3 Å². The Morgan fingerprint density at radius 2 is 1.86 bits per heavy atom. The van der Waals surface area contributed by atoms with Crippen LogP contribution < -0.4 is 10.6 Å². The third-order valence-electron chi connectivity index (χ3n) is 7.41. The van der Waals surface area contributed by atoms with Crippen molar-refractivity contribution in [2.24, 2.45) is 0 Å². The molecule has 2 aliphatic rings. The zero-order valence-corrected chi connectivity index (χ0v) is 23.1. The summed E-state index contributed by atoms with van der Waals surface area (Å²) in [6.45, 7) is -0.487. The summed E-state index contributed by atoms with van der Waals surface area (Å²) in [4.78, 5) is 26.2. The third-order valence-corrected chi connectivity index (χ3v) is 8.79. The third kappa shape index (κ3) is 5.46. The van der Waals surface area contributed by atoms with Gasteiger partial charge in [-0.1, -0.05) is 43.2 Å². The highest BCUT2D eigenvalue weighted by Crippen LogP contribution is 2.33. The van der Waals surface area contributed by atoms with Gasteiger partial charge in [-0.15, -0.1) is 0 Å². The number of fused-ring (bicyclic) bond motifs is 1. The lowest BCUT2D eigenvalue weighted by Gasteiger charge is -2.18. The summed E-state index contributed by atoms with van der Waals surface area (Å²) in [7, 11) is -4.16. The summed E-state index contributed by atoms with van der Waals surface area (Å²) >= 11 is 0. The summed E-state index contributed by atoms with van der Waals surface area (Å²) in [6.07, 6.45) is 3.38. The van der Waals surface area contributed by atoms with E-state index in [-0.39, 0.29) is 23.3 Å². The summed E-state index contributed by atoms with van der Waals surface area (Å²) < 4.78 is 33.7. The van der Waals surface area contributed by atoms with Gasteiger partial charge < -0.3 is 30.7 Å². The SMILES string of the molecule is O=C(Nc1cnn(-c2nc(NC3CCCC3)c3ncn([C@@H]4O[C@H](CO)C(O)C4O)c3n2)c1)S(=O)(=O)Cc1ccccc1. The molecule has 1 amide bonds. The average Bonchev–Trinajstić information content (AvgIpc) is 3.78. The molecule has 42 heavy (non-hydrogen) atoms. The molecule has 6 rings (SSSR count). The van der Waals surface area contributed by atoms with Crippen LogP contribution in [0, 0.1) is 0 Å². The number of imidazole rings is 1. The Labute approximate surface area is 240 Å². The van der Waals surface area contributed by atoms with E-state index in [4.69, 9.17) is 4.74 Å². The number of rotatable bonds is 8. The largest absolute Gasteiger partial charge is 0.394 e. The molecule has 2 unspecified atom stereocenters. The topological polar surface area (TPSA) is 207 Å². The number of amides is 1. The van der Waals surface area contributed by atoms with Crippen molar-refractivity contribution in [1.82, 2.24) is 29.3 Å². The van der Waals surface area contributed by atoms with Crippen molar-refractivity contribution in [3.05, 3.63) is 54.6 Å². The van der Waals surface area contributed by atoms with Crippen LogP contribution in [-0.4, -0.2) is 89.2 Å². The predicted molar refractivity (Wildman–Crippen MR) is 149 cm³/mol. The van der Waals surface area contributed by atoms with Gasteiger partial charge in [-0.2, -0.15) is 15.1 Å². The number of hydrogen-bond acceptors (Lipinski definition) is 12. The minimum atomic E-state index is -4.16. The fraction of sp³-hybridized carbons (Fsp3) is 0.423. The number of aromatic nitrogens is 6. The van der Waals surface area contributed by atoms with E-state index in [1.165, 1.54) is 28.0 Å². The molecule has 3 aromatic heterocycles. The first-order valence-corrected chi connectivity index (χ1v) is 15.1. The summed E-state index contributed by atoms with van der Waals surface area (Å²) in [6, 6.07) is 8.55. The minimum absolute atomic E-state index is 0.0733. The molecule has 1 saturated carbocycles. The molecule has 1 saturated heterocycles. The van der Waals surface area contributed by atoms with E-state index < -0.39 is 52.0 Å². The molecule has 0 bridgehead atoms. The van der Waals surface area contributed by atoms with E-state index in [1.54, 1.807) is 30.3 Å². The number of benzene rings is 1. The van der Waals surface area contributed by atoms with E-state index in [9.17, 15) is 28.5 Å². The van der Waals surface area contributed by atoms with Gasteiger partial charge in [-0.3, -0.25) is 9.36 Å². The standard InChI is InChI=1S/C26H30N8O7S/c35-12-18-20(36)21(37)24(41-18)33-14-27-19-22(29-16-8-4-5-9-16)31-25(32-23(19)33)34-11-17(10-28-34)30-26(38)42(39,40)13-15-6-2-1-3-7-15/h1-3,6-7,10-11,14,16,18,20-21,24,35-37H,4-5,8-9,12-13H2,(H,30,38)(H,29,31,32)/t18-,20?,21?,24-/m1/s1. The fourth-order valence-electron chi connectivity index (χ4n) is 5.22. The second-order valence-corrected chi connectivity index (χ2v) is 12.3. The number of sulfone groups is 1. The zero-order valence-electron chi connectivity index (χ0n) is 22.3. The minimum Gasteiger partial charge on any atom is -0.394 e. The molecular weight excluding hydrogens is 568 g/mol. The first-order chi connectivity index (χ1) is 20.2. The number of carbonyl (C=O) groups excluding carboxylic acids is 1. The average molecular weight is 599 g/mol. The Bertz CT molecular complexity index is 1690. The van der Waals surface area contributed by atoms with Gasteiger partial charge in [0.25, 0.3) is 5.95 Å². The van der Waals surface area contributed by atoms with Crippen molar-refractivity contribution in [2.75, 3.05) is 17.2 Å². The van der Waals surface area contributed by atoms with Gasteiger partial charge in [0.15, 0.2) is 23.2 Å². The van der Waals surface area contributed by atoms with Crippen molar-refractivity contribution in [1.29, 1.82) is 0 Å². The van der Waals surface area contributed by atoms with Gasteiger partial charge in [0, 0.05) is 6.04 Å². The van der Waals surface area contributed by atoms with Gasteiger partial charge in [0.1, 0.15) is 18.3 Å². The molecule has 4 atom stereocenters. The molecule has 222 valence electrons. The molecular formula is C26H30N8O7S. The van der Waals surface area contributed by atoms with Crippen LogP contribution in [0.3, 0.4) is 0 Å². The molecule has 5 N–H and O–H groups in total. The van der Waals surface area contributed by atoms with Gasteiger partial charge in [0.05, 0.1) is 36.8 Å². The van der Waals surface area contributed by atoms with Crippen LogP contribution in [0.1, 0.15) is 37.5 Å². The van der Waals surface area contributed by atoms with E-state index in [1.807, 2.05) is 0 Å². The van der Waals surface area contributed by atoms with Crippen molar-refractivity contribution in [2.45, 2.75) is 62.0 Å². The molecule has 1 aromatic carbocycles. The number of nitrogens with one attached hydrogen (secondary N) is 2. The normalized spacial score (nSPS) is 23.0. The molecule has 4 aromatic rings. The molecule has 16 heteroatoms. The molecule has 0 spiro atoms. The quantitative estimate of drug-likeness (QED) is 0.193. The van der Waals surface area contributed by atoms with Crippen LogP contribution in [0.15, 0.2) is 49.1 Å². The number of aliphatic hydroxyl groups is 3. The van der Waals surface area contributed by atoms with Crippen molar-refractivity contribution in [3.8, 4) is 5.95 Å². The maximum absolute atomic E-state index is 12.6. The van der Waals surface area contributed by atoms with Crippen molar-refractivity contribution < 1.29 is 33.3 Å². The lowest BCUT2D eigenvalue weighted by atomic mass is 10.1. The zero-order chi connectivity index (χ0) is 29.4. The maximum Gasteiger partial charge on any atom is 0.341 e. The van der Waals surface area contributed by atoms with Crippen LogP contribution in [0.25, 0.3) is 17.1 Å². The number of anilines is 2. The van der Waals surface area contributed by atoms with Crippen LogP contribution in [0.5, 0.6) is 0 Å².